The molecule has 0 aliphatic carbocycles. The molecular formula is C12H9NO4. The standard InChI is InChI=1S/C12H9NO4/c1-17-12-8(4-5-11(15)16)2-3-9(6-13)10(12)7-14/h2-5,7H,1H3,(H,15,16)/b5-4+. The molecule has 1 aromatic carbocycles. The van der Waals surface area contributed by atoms with Crippen molar-refractivity contribution in [3.8, 4) is 11.8 Å². The van der Waals surface area contributed by atoms with Gasteiger partial charge >= 0.3 is 5.97 Å². The van der Waals surface area contributed by atoms with Crippen LogP contribution in [0.2, 0.25) is 0 Å². The molecule has 1 aromatic rings. The van der Waals surface area contributed by atoms with Crippen LogP contribution in [-0.4, -0.2) is 24.5 Å². The van der Waals surface area contributed by atoms with Crippen molar-refractivity contribution in [3.63, 3.8) is 0 Å². The maximum Gasteiger partial charge on any atom is 0.328 e. The minimum Gasteiger partial charge on any atom is -0.495 e. The van der Waals surface area contributed by atoms with Crippen molar-refractivity contribution in [2.45, 2.75) is 0 Å². The average molecular weight is 231 g/mol. The molecule has 0 saturated heterocycles. The number of methoxy groups -OCH3 is 1. The minimum atomic E-state index is -1.11. The van der Waals surface area contributed by atoms with Crippen LogP contribution in [-0.2, 0) is 4.79 Å². The highest BCUT2D eigenvalue weighted by Gasteiger charge is 2.12. The molecule has 0 unspecified atom stereocenters. The zero-order valence-corrected chi connectivity index (χ0v) is 9.01. The Morgan fingerprint density at radius 3 is 2.71 bits per heavy atom. The van der Waals surface area contributed by atoms with Gasteiger partial charge in [0.05, 0.1) is 18.2 Å². The van der Waals surface area contributed by atoms with Crippen LogP contribution in [0.25, 0.3) is 6.08 Å². The molecule has 0 aliphatic rings. The molecule has 5 nitrogen and oxygen atoms in total. The van der Waals surface area contributed by atoms with Gasteiger partial charge in [0.25, 0.3) is 0 Å². The summed E-state index contributed by atoms with van der Waals surface area (Å²) in [4.78, 5) is 21.3. The fraction of sp³-hybridized carbons (Fsp3) is 0.0833. The largest absolute Gasteiger partial charge is 0.495 e. The average Bonchev–Trinajstić information content (AvgIpc) is 2.34. The Kier molecular flexibility index (Phi) is 4.01. The lowest BCUT2D eigenvalue weighted by Gasteiger charge is -2.08. The van der Waals surface area contributed by atoms with E-state index >= 15 is 0 Å². The molecule has 17 heavy (non-hydrogen) atoms. The second-order valence-corrected chi connectivity index (χ2v) is 3.05. The highest BCUT2D eigenvalue weighted by molar-refractivity contribution is 5.89. The van der Waals surface area contributed by atoms with Crippen molar-refractivity contribution in [2.75, 3.05) is 7.11 Å². The first-order valence-corrected chi connectivity index (χ1v) is 4.61. The molecule has 86 valence electrons. The van der Waals surface area contributed by atoms with Crippen LogP contribution in [0.15, 0.2) is 18.2 Å². The first-order valence-electron chi connectivity index (χ1n) is 4.61. The van der Waals surface area contributed by atoms with Gasteiger partial charge in [-0.3, -0.25) is 4.79 Å². The second kappa shape index (κ2) is 5.47. The molecular weight excluding hydrogens is 222 g/mol. The van der Waals surface area contributed by atoms with Gasteiger partial charge in [0, 0.05) is 11.6 Å². The summed E-state index contributed by atoms with van der Waals surface area (Å²) in [5.74, 6) is -0.916. The van der Waals surface area contributed by atoms with Gasteiger partial charge in [-0.1, -0.05) is 0 Å². The van der Waals surface area contributed by atoms with Gasteiger partial charge in [-0.05, 0) is 18.2 Å². The number of carbonyl (C=O) groups is 2. The maximum absolute atomic E-state index is 10.9. The Hall–Kier alpha value is -2.61. The topological polar surface area (TPSA) is 87.4 Å². The van der Waals surface area contributed by atoms with Crippen LogP contribution >= 0.6 is 0 Å². The third-order valence-electron chi connectivity index (χ3n) is 2.07. The van der Waals surface area contributed by atoms with E-state index in [1.807, 2.05) is 6.07 Å². The van der Waals surface area contributed by atoms with Crippen molar-refractivity contribution >= 4 is 18.3 Å². The smallest absolute Gasteiger partial charge is 0.328 e. The molecule has 1 rings (SSSR count). The predicted molar refractivity (Wildman–Crippen MR) is 59.8 cm³/mol. The molecule has 0 atom stereocenters. The Labute approximate surface area is 97.6 Å². The molecule has 0 aromatic heterocycles. The second-order valence-electron chi connectivity index (χ2n) is 3.05. The lowest BCUT2D eigenvalue weighted by Crippen LogP contribution is -1.97. The van der Waals surface area contributed by atoms with Gasteiger partial charge in [0.15, 0.2) is 6.29 Å². The first-order chi connectivity index (χ1) is 8.13. The Morgan fingerprint density at radius 1 is 1.53 bits per heavy atom. The lowest BCUT2D eigenvalue weighted by atomic mass is 10.0. The van der Waals surface area contributed by atoms with Crippen molar-refractivity contribution in [2.24, 2.45) is 0 Å². The number of ether oxygens (including phenoxy) is 1. The molecule has 0 aliphatic heterocycles. The van der Waals surface area contributed by atoms with Crippen LogP contribution in [0.1, 0.15) is 21.5 Å². The van der Waals surface area contributed by atoms with E-state index in [1.54, 1.807) is 0 Å². The Bertz CT molecular complexity index is 526. The molecule has 0 heterocycles. The van der Waals surface area contributed by atoms with E-state index in [9.17, 15) is 9.59 Å². The first kappa shape index (κ1) is 12.5. The normalized spacial score (nSPS) is 9.88. The van der Waals surface area contributed by atoms with E-state index in [-0.39, 0.29) is 16.9 Å². The van der Waals surface area contributed by atoms with E-state index in [0.29, 0.717) is 11.8 Å². The third-order valence-corrected chi connectivity index (χ3v) is 2.07. The van der Waals surface area contributed by atoms with Crippen molar-refractivity contribution in [1.29, 1.82) is 5.26 Å². The zero-order chi connectivity index (χ0) is 12.8. The summed E-state index contributed by atoms with van der Waals surface area (Å²) in [5.41, 5.74) is 0.725. The summed E-state index contributed by atoms with van der Waals surface area (Å²) in [6.45, 7) is 0. The highest BCUT2D eigenvalue weighted by Crippen LogP contribution is 2.26. The molecule has 0 saturated carbocycles. The monoisotopic (exact) mass is 231 g/mol. The molecule has 1 N–H and O–H groups in total. The SMILES string of the molecule is COc1c(/C=C/C(=O)O)ccc(C#N)c1C=O. The number of aliphatic carboxylic acids is 1. The van der Waals surface area contributed by atoms with Crippen LogP contribution in [0.5, 0.6) is 5.75 Å². The van der Waals surface area contributed by atoms with Crippen LogP contribution in [0.3, 0.4) is 0 Å². The number of carboxylic acid groups (broad SMARTS) is 1. The molecule has 5 heteroatoms. The summed E-state index contributed by atoms with van der Waals surface area (Å²) >= 11 is 0. The Balaban J connectivity index is 3.39. The van der Waals surface area contributed by atoms with Gasteiger partial charge < -0.3 is 9.84 Å². The van der Waals surface area contributed by atoms with E-state index in [1.165, 1.54) is 25.3 Å². The van der Waals surface area contributed by atoms with Crippen LogP contribution < -0.4 is 4.74 Å². The highest BCUT2D eigenvalue weighted by atomic mass is 16.5. The fourth-order valence-electron chi connectivity index (χ4n) is 1.35. The van der Waals surface area contributed by atoms with Gasteiger partial charge in [-0.2, -0.15) is 5.26 Å². The van der Waals surface area contributed by atoms with Crippen LogP contribution in [0, 0.1) is 11.3 Å². The van der Waals surface area contributed by atoms with Gasteiger partial charge in [0.2, 0.25) is 0 Å². The number of carboxylic acids is 1. The summed E-state index contributed by atoms with van der Waals surface area (Å²) < 4.78 is 5.02. The summed E-state index contributed by atoms with van der Waals surface area (Å²) in [6, 6.07) is 4.82. The molecule has 0 radical (unpaired) electrons. The lowest BCUT2D eigenvalue weighted by molar-refractivity contribution is -0.131. The fourth-order valence-corrected chi connectivity index (χ4v) is 1.35. The van der Waals surface area contributed by atoms with E-state index in [2.05, 4.69) is 0 Å². The minimum absolute atomic E-state index is 0.113. The Morgan fingerprint density at radius 2 is 2.24 bits per heavy atom. The maximum atomic E-state index is 10.9. The summed E-state index contributed by atoms with van der Waals surface area (Å²) in [6.07, 6.45) is 2.74. The number of nitrogens with zero attached hydrogens (tertiary/aromatic N) is 1. The number of benzene rings is 1. The van der Waals surface area contributed by atoms with E-state index < -0.39 is 5.97 Å². The zero-order valence-electron chi connectivity index (χ0n) is 9.01. The van der Waals surface area contributed by atoms with Gasteiger partial charge in [-0.25, -0.2) is 4.79 Å². The number of hydrogen-bond acceptors (Lipinski definition) is 4. The summed E-state index contributed by atoms with van der Waals surface area (Å²) in [5, 5.41) is 17.3. The molecule has 0 fully saturated rings. The number of aldehydes is 1. The van der Waals surface area contributed by atoms with E-state index in [4.69, 9.17) is 15.1 Å². The molecule has 0 spiro atoms. The molecule has 0 amide bonds. The van der Waals surface area contributed by atoms with Crippen molar-refractivity contribution in [1.82, 2.24) is 0 Å². The van der Waals surface area contributed by atoms with Crippen LogP contribution in [0.4, 0.5) is 0 Å². The van der Waals surface area contributed by atoms with Crippen molar-refractivity contribution < 1.29 is 19.4 Å². The number of nitriles is 1. The van der Waals surface area contributed by atoms with E-state index in [0.717, 1.165) is 6.08 Å². The third kappa shape index (κ3) is 2.69. The number of hydrogen-bond donors (Lipinski definition) is 1. The number of carbonyl (C=O) groups excluding carboxylic acids is 1. The summed E-state index contributed by atoms with van der Waals surface area (Å²) in [7, 11) is 1.35. The van der Waals surface area contributed by atoms with Gasteiger partial charge in [-0.15, -0.1) is 0 Å². The predicted octanol–water partition coefficient (Wildman–Crippen LogP) is 1.48. The van der Waals surface area contributed by atoms with Crippen molar-refractivity contribution in [3.05, 3.63) is 34.9 Å². The molecule has 0 bridgehead atoms. The number of rotatable bonds is 4. The van der Waals surface area contributed by atoms with Gasteiger partial charge in [0.1, 0.15) is 11.8 Å². The quantitative estimate of drug-likeness (QED) is 0.626.